The van der Waals surface area contributed by atoms with E-state index in [0.717, 1.165) is 12.0 Å². The molecule has 0 saturated heterocycles. The van der Waals surface area contributed by atoms with Gasteiger partial charge in [-0.15, -0.1) is 12.4 Å². The zero-order valence-corrected chi connectivity index (χ0v) is 14.4. The van der Waals surface area contributed by atoms with Gasteiger partial charge in [-0.05, 0) is 29.4 Å². The molecular formula is C17H29ClN2O. The molecule has 21 heavy (non-hydrogen) atoms. The van der Waals surface area contributed by atoms with Gasteiger partial charge in [-0.3, -0.25) is 4.79 Å². The Morgan fingerprint density at radius 1 is 1.10 bits per heavy atom. The van der Waals surface area contributed by atoms with E-state index < -0.39 is 0 Å². The molecule has 0 spiro atoms. The second-order valence-electron chi connectivity index (χ2n) is 6.16. The quantitative estimate of drug-likeness (QED) is 0.805. The van der Waals surface area contributed by atoms with Gasteiger partial charge in [-0.1, -0.05) is 52.0 Å². The van der Waals surface area contributed by atoms with Crippen molar-refractivity contribution in [2.75, 3.05) is 6.54 Å². The van der Waals surface area contributed by atoms with Crippen LogP contribution in [0.15, 0.2) is 24.3 Å². The molecule has 1 aromatic carbocycles. The Hall–Kier alpha value is -1.06. The second-order valence-corrected chi connectivity index (χ2v) is 6.16. The van der Waals surface area contributed by atoms with Crippen molar-refractivity contribution in [2.24, 2.45) is 11.7 Å². The molecule has 3 nitrogen and oxygen atoms in total. The minimum Gasteiger partial charge on any atom is -0.354 e. The summed E-state index contributed by atoms with van der Waals surface area (Å²) in [6, 6.07) is 8.20. The zero-order chi connectivity index (χ0) is 15.1. The van der Waals surface area contributed by atoms with E-state index in [0.29, 0.717) is 24.8 Å². The molecule has 1 unspecified atom stereocenters. The van der Waals surface area contributed by atoms with Crippen LogP contribution in [0.1, 0.15) is 63.6 Å². The summed E-state index contributed by atoms with van der Waals surface area (Å²) in [5.41, 5.74) is 8.49. The van der Waals surface area contributed by atoms with E-state index in [2.05, 4.69) is 57.3 Å². The van der Waals surface area contributed by atoms with Gasteiger partial charge in [0, 0.05) is 19.0 Å². The van der Waals surface area contributed by atoms with Crippen molar-refractivity contribution in [3.63, 3.8) is 0 Å². The lowest BCUT2D eigenvalue weighted by Crippen LogP contribution is -2.31. The van der Waals surface area contributed by atoms with Crippen LogP contribution in [-0.4, -0.2) is 12.5 Å². The first-order chi connectivity index (χ1) is 9.40. The van der Waals surface area contributed by atoms with Crippen LogP contribution in [0.2, 0.25) is 0 Å². The number of hydrogen-bond acceptors (Lipinski definition) is 2. The highest BCUT2D eigenvalue weighted by Gasteiger charge is 2.09. The summed E-state index contributed by atoms with van der Waals surface area (Å²) < 4.78 is 0. The van der Waals surface area contributed by atoms with Crippen molar-refractivity contribution >= 4 is 18.3 Å². The van der Waals surface area contributed by atoms with Crippen molar-refractivity contribution < 1.29 is 4.79 Å². The van der Waals surface area contributed by atoms with E-state index in [-0.39, 0.29) is 24.4 Å². The van der Waals surface area contributed by atoms with Gasteiger partial charge in [0.2, 0.25) is 5.91 Å². The van der Waals surface area contributed by atoms with E-state index in [1.807, 2.05) is 0 Å². The van der Waals surface area contributed by atoms with E-state index in [9.17, 15) is 4.79 Å². The van der Waals surface area contributed by atoms with Gasteiger partial charge in [0.15, 0.2) is 0 Å². The summed E-state index contributed by atoms with van der Waals surface area (Å²) in [6.45, 7) is 9.08. The molecule has 0 heterocycles. The minimum atomic E-state index is -0.140. The van der Waals surface area contributed by atoms with Crippen LogP contribution in [0.25, 0.3) is 0 Å². The van der Waals surface area contributed by atoms with E-state index in [1.54, 1.807) is 0 Å². The summed E-state index contributed by atoms with van der Waals surface area (Å²) in [6.07, 6.45) is 1.50. The predicted molar refractivity (Wildman–Crippen MR) is 91.8 cm³/mol. The maximum absolute atomic E-state index is 11.7. The number of carbonyl (C=O) groups excluding carboxylic acids is 1. The largest absolute Gasteiger partial charge is 0.354 e. The third-order valence-corrected chi connectivity index (χ3v) is 3.50. The second kappa shape index (κ2) is 9.80. The topological polar surface area (TPSA) is 55.1 Å². The molecule has 4 heteroatoms. The molecule has 0 fully saturated rings. The molecule has 0 aliphatic carbocycles. The summed E-state index contributed by atoms with van der Waals surface area (Å²) in [5, 5.41) is 2.91. The normalized spacial score (nSPS) is 12.1. The molecule has 1 rings (SSSR count). The van der Waals surface area contributed by atoms with Gasteiger partial charge in [-0.25, -0.2) is 0 Å². The molecule has 1 aromatic rings. The van der Waals surface area contributed by atoms with E-state index in [4.69, 9.17) is 5.73 Å². The number of benzene rings is 1. The highest BCUT2D eigenvalue weighted by atomic mass is 35.5. The van der Waals surface area contributed by atoms with Crippen molar-refractivity contribution in [3.05, 3.63) is 35.4 Å². The van der Waals surface area contributed by atoms with Crippen LogP contribution < -0.4 is 11.1 Å². The fraction of sp³-hybridized carbons (Fsp3) is 0.588. The molecule has 0 radical (unpaired) electrons. The van der Waals surface area contributed by atoms with E-state index >= 15 is 0 Å². The maximum Gasteiger partial charge on any atom is 0.220 e. The van der Waals surface area contributed by atoms with Gasteiger partial charge < -0.3 is 11.1 Å². The Labute approximate surface area is 135 Å². The third-order valence-electron chi connectivity index (χ3n) is 3.50. The fourth-order valence-electron chi connectivity index (χ4n) is 1.98. The number of hydrogen-bond donors (Lipinski definition) is 2. The van der Waals surface area contributed by atoms with Crippen LogP contribution in [-0.2, 0) is 4.79 Å². The van der Waals surface area contributed by atoms with E-state index in [1.165, 1.54) is 5.56 Å². The first-order valence-corrected chi connectivity index (χ1v) is 7.52. The molecule has 0 aliphatic heterocycles. The lowest BCUT2D eigenvalue weighted by atomic mass is 9.99. The molecule has 1 atom stereocenters. The average Bonchev–Trinajstić information content (AvgIpc) is 2.42. The zero-order valence-electron chi connectivity index (χ0n) is 13.6. The van der Waals surface area contributed by atoms with Crippen LogP contribution in [0, 0.1) is 5.92 Å². The molecule has 0 saturated carbocycles. The SMILES string of the molecule is CC(C)CCC(=O)NCC(N)c1ccc(C(C)C)cc1.Cl. The molecule has 3 N–H and O–H groups in total. The molecular weight excluding hydrogens is 284 g/mol. The molecule has 0 bridgehead atoms. The van der Waals surface area contributed by atoms with Crippen molar-refractivity contribution in [3.8, 4) is 0 Å². The Balaban J connectivity index is 0.00000400. The summed E-state index contributed by atoms with van der Waals surface area (Å²) >= 11 is 0. The number of amides is 1. The standard InChI is InChI=1S/C17H28N2O.ClH/c1-12(2)5-10-17(20)19-11-16(18)15-8-6-14(7-9-15)13(3)4;/h6-9,12-13,16H,5,10-11,18H2,1-4H3,(H,19,20);1H. The number of nitrogens with two attached hydrogens (primary N) is 1. The third kappa shape index (κ3) is 7.49. The highest BCUT2D eigenvalue weighted by molar-refractivity contribution is 5.85. The number of nitrogens with one attached hydrogen (secondary N) is 1. The summed E-state index contributed by atoms with van der Waals surface area (Å²) in [4.78, 5) is 11.7. The van der Waals surface area contributed by atoms with Gasteiger partial charge in [0.25, 0.3) is 0 Å². The number of halogens is 1. The van der Waals surface area contributed by atoms with Crippen LogP contribution in [0.4, 0.5) is 0 Å². The maximum atomic E-state index is 11.7. The molecule has 0 aliphatic rings. The first-order valence-electron chi connectivity index (χ1n) is 7.52. The lowest BCUT2D eigenvalue weighted by Gasteiger charge is -2.15. The number of carbonyl (C=O) groups is 1. The average molecular weight is 313 g/mol. The van der Waals surface area contributed by atoms with Crippen molar-refractivity contribution in [1.29, 1.82) is 0 Å². The highest BCUT2D eigenvalue weighted by Crippen LogP contribution is 2.17. The van der Waals surface area contributed by atoms with Crippen LogP contribution >= 0.6 is 12.4 Å². The lowest BCUT2D eigenvalue weighted by molar-refractivity contribution is -0.121. The van der Waals surface area contributed by atoms with Gasteiger partial charge in [0.05, 0.1) is 0 Å². The smallest absolute Gasteiger partial charge is 0.220 e. The number of rotatable bonds is 7. The van der Waals surface area contributed by atoms with Crippen LogP contribution in [0.5, 0.6) is 0 Å². The molecule has 120 valence electrons. The Kier molecular flexibility index (Phi) is 9.31. The Morgan fingerprint density at radius 3 is 2.10 bits per heavy atom. The fourth-order valence-corrected chi connectivity index (χ4v) is 1.98. The molecule has 0 aromatic heterocycles. The molecule has 1 amide bonds. The first kappa shape index (κ1) is 19.9. The monoisotopic (exact) mass is 312 g/mol. The van der Waals surface area contributed by atoms with Gasteiger partial charge in [-0.2, -0.15) is 0 Å². The Morgan fingerprint density at radius 2 is 1.62 bits per heavy atom. The Bertz CT molecular complexity index is 415. The summed E-state index contributed by atoms with van der Waals surface area (Å²) in [7, 11) is 0. The van der Waals surface area contributed by atoms with Gasteiger partial charge >= 0.3 is 0 Å². The van der Waals surface area contributed by atoms with Gasteiger partial charge in [0.1, 0.15) is 0 Å². The predicted octanol–water partition coefficient (Wildman–Crippen LogP) is 3.78. The summed E-state index contributed by atoms with van der Waals surface area (Å²) in [5.74, 6) is 1.17. The van der Waals surface area contributed by atoms with Crippen molar-refractivity contribution in [2.45, 2.75) is 52.5 Å². The minimum absolute atomic E-state index is 0. The van der Waals surface area contributed by atoms with Crippen molar-refractivity contribution in [1.82, 2.24) is 5.32 Å². The van der Waals surface area contributed by atoms with Crippen LogP contribution in [0.3, 0.4) is 0 Å².